The molecule has 3 aromatic rings. The largest absolute Gasteiger partial charge is 0.497 e. The van der Waals surface area contributed by atoms with Crippen LogP contribution in [0.25, 0.3) is 5.69 Å². The molecule has 5 heteroatoms. The van der Waals surface area contributed by atoms with Gasteiger partial charge in [-0.25, -0.2) is 4.98 Å². The highest BCUT2D eigenvalue weighted by atomic mass is 16.5. The highest BCUT2D eigenvalue weighted by Gasteiger charge is 2.04. The van der Waals surface area contributed by atoms with E-state index in [9.17, 15) is 4.79 Å². The number of benzene rings is 2. The number of nitrogens with one attached hydrogen (secondary N) is 1. The van der Waals surface area contributed by atoms with Crippen molar-refractivity contribution in [1.29, 1.82) is 0 Å². The van der Waals surface area contributed by atoms with Crippen LogP contribution >= 0.6 is 0 Å². The smallest absolute Gasteiger partial charge is 0.224 e. The van der Waals surface area contributed by atoms with Crippen LogP contribution < -0.4 is 10.1 Å². The summed E-state index contributed by atoms with van der Waals surface area (Å²) in [6, 6.07) is 15.4. The topological polar surface area (TPSA) is 56.1 Å². The van der Waals surface area contributed by atoms with E-state index in [0.717, 1.165) is 22.7 Å². The lowest BCUT2D eigenvalue weighted by atomic mass is 10.1. The Morgan fingerprint density at radius 3 is 2.75 bits per heavy atom. The molecule has 0 unspecified atom stereocenters. The third kappa shape index (κ3) is 4.01. The third-order valence-electron chi connectivity index (χ3n) is 3.73. The summed E-state index contributed by atoms with van der Waals surface area (Å²) in [7, 11) is 1.64. The van der Waals surface area contributed by atoms with Crippen molar-refractivity contribution in [3.63, 3.8) is 0 Å². The third-order valence-corrected chi connectivity index (χ3v) is 3.73. The summed E-state index contributed by atoms with van der Waals surface area (Å²) in [6.07, 6.45) is 6.45. The summed E-state index contributed by atoms with van der Waals surface area (Å²) in [5.41, 5.74) is 2.87. The minimum absolute atomic E-state index is 0.00630. The SMILES string of the molecule is COc1cccc(CCC(=O)Nc2ccc(-n3ccnc3)cc2)c1. The van der Waals surface area contributed by atoms with Gasteiger partial charge >= 0.3 is 0 Å². The number of aromatic nitrogens is 2. The molecular weight excluding hydrogens is 302 g/mol. The van der Waals surface area contributed by atoms with Crippen LogP contribution in [0.4, 0.5) is 5.69 Å². The van der Waals surface area contributed by atoms with Crippen LogP contribution in [-0.2, 0) is 11.2 Å². The van der Waals surface area contributed by atoms with E-state index >= 15 is 0 Å². The van der Waals surface area contributed by atoms with Crippen molar-refractivity contribution < 1.29 is 9.53 Å². The van der Waals surface area contributed by atoms with Crippen molar-refractivity contribution in [1.82, 2.24) is 9.55 Å². The van der Waals surface area contributed by atoms with E-state index in [1.54, 1.807) is 19.6 Å². The first kappa shape index (κ1) is 15.8. The zero-order valence-electron chi connectivity index (χ0n) is 13.5. The van der Waals surface area contributed by atoms with E-state index in [2.05, 4.69) is 10.3 Å². The number of aryl methyl sites for hydroxylation is 1. The predicted octanol–water partition coefficient (Wildman–Crippen LogP) is 3.45. The second kappa shape index (κ2) is 7.46. The van der Waals surface area contributed by atoms with Crippen LogP contribution in [0.2, 0.25) is 0 Å². The molecule has 0 aliphatic rings. The number of ether oxygens (including phenoxy) is 1. The fourth-order valence-corrected chi connectivity index (χ4v) is 2.44. The highest BCUT2D eigenvalue weighted by Crippen LogP contribution is 2.16. The number of carbonyl (C=O) groups is 1. The van der Waals surface area contributed by atoms with Gasteiger partial charge in [0.25, 0.3) is 0 Å². The molecule has 1 aromatic heterocycles. The van der Waals surface area contributed by atoms with Crippen molar-refractivity contribution in [3.8, 4) is 11.4 Å². The lowest BCUT2D eigenvalue weighted by Crippen LogP contribution is -2.12. The number of rotatable bonds is 6. The van der Waals surface area contributed by atoms with Gasteiger partial charge in [-0.3, -0.25) is 4.79 Å². The van der Waals surface area contributed by atoms with Crippen molar-refractivity contribution in [2.24, 2.45) is 0 Å². The summed E-state index contributed by atoms with van der Waals surface area (Å²) in [6.45, 7) is 0. The molecule has 2 aromatic carbocycles. The number of nitrogens with zero attached hydrogens (tertiary/aromatic N) is 2. The first-order chi connectivity index (χ1) is 11.7. The molecule has 0 fully saturated rings. The zero-order chi connectivity index (χ0) is 16.8. The van der Waals surface area contributed by atoms with Crippen LogP contribution in [0, 0.1) is 0 Å². The lowest BCUT2D eigenvalue weighted by Gasteiger charge is -2.08. The first-order valence-electron chi connectivity index (χ1n) is 7.76. The minimum atomic E-state index is -0.00630. The van der Waals surface area contributed by atoms with Gasteiger partial charge in [0.2, 0.25) is 5.91 Å². The molecule has 5 nitrogen and oxygen atoms in total. The molecular formula is C19H19N3O2. The second-order valence-electron chi connectivity index (χ2n) is 5.42. The fraction of sp³-hybridized carbons (Fsp3) is 0.158. The fourth-order valence-electron chi connectivity index (χ4n) is 2.44. The summed E-state index contributed by atoms with van der Waals surface area (Å²) >= 11 is 0. The van der Waals surface area contributed by atoms with Gasteiger partial charge < -0.3 is 14.6 Å². The maximum Gasteiger partial charge on any atom is 0.224 e. The number of carbonyl (C=O) groups excluding carboxylic acids is 1. The van der Waals surface area contributed by atoms with E-state index < -0.39 is 0 Å². The van der Waals surface area contributed by atoms with E-state index in [4.69, 9.17) is 4.74 Å². The van der Waals surface area contributed by atoms with Gasteiger partial charge in [0.15, 0.2) is 0 Å². The summed E-state index contributed by atoms with van der Waals surface area (Å²) in [5.74, 6) is 0.802. The van der Waals surface area contributed by atoms with E-state index in [0.29, 0.717) is 12.8 Å². The Morgan fingerprint density at radius 2 is 2.04 bits per heavy atom. The first-order valence-corrected chi connectivity index (χ1v) is 7.76. The quantitative estimate of drug-likeness (QED) is 0.756. The Kier molecular flexibility index (Phi) is 4.91. The monoisotopic (exact) mass is 321 g/mol. The Morgan fingerprint density at radius 1 is 1.21 bits per heavy atom. The van der Waals surface area contributed by atoms with Crippen molar-refractivity contribution in [2.75, 3.05) is 12.4 Å². The van der Waals surface area contributed by atoms with Gasteiger partial charge in [0.05, 0.1) is 13.4 Å². The van der Waals surface area contributed by atoms with Crippen LogP contribution in [0.3, 0.4) is 0 Å². The number of imidazole rings is 1. The molecule has 0 aliphatic carbocycles. The molecule has 0 bridgehead atoms. The second-order valence-corrected chi connectivity index (χ2v) is 5.42. The summed E-state index contributed by atoms with van der Waals surface area (Å²) < 4.78 is 7.10. The molecule has 0 spiro atoms. The molecule has 3 rings (SSSR count). The van der Waals surface area contributed by atoms with Gasteiger partial charge in [0.1, 0.15) is 5.75 Å². The van der Waals surface area contributed by atoms with Crippen LogP contribution in [-0.4, -0.2) is 22.6 Å². The van der Waals surface area contributed by atoms with Gasteiger partial charge in [0, 0.05) is 30.2 Å². The van der Waals surface area contributed by atoms with Crippen LogP contribution in [0.1, 0.15) is 12.0 Å². The van der Waals surface area contributed by atoms with Crippen LogP contribution in [0.5, 0.6) is 5.75 Å². The average molecular weight is 321 g/mol. The van der Waals surface area contributed by atoms with Crippen molar-refractivity contribution >= 4 is 11.6 Å². The van der Waals surface area contributed by atoms with E-state index in [1.165, 1.54) is 0 Å². The summed E-state index contributed by atoms with van der Waals surface area (Å²) in [5, 5.41) is 2.92. The number of hydrogen-bond acceptors (Lipinski definition) is 3. The average Bonchev–Trinajstić information content (AvgIpc) is 3.15. The molecule has 0 radical (unpaired) electrons. The van der Waals surface area contributed by atoms with Crippen molar-refractivity contribution in [2.45, 2.75) is 12.8 Å². The molecule has 122 valence electrons. The number of amides is 1. The highest BCUT2D eigenvalue weighted by molar-refractivity contribution is 5.90. The Labute approximate surface area is 140 Å². The zero-order valence-corrected chi connectivity index (χ0v) is 13.5. The molecule has 1 N–H and O–H groups in total. The minimum Gasteiger partial charge on any atom is -0.497 e. The molecule has 0 saturated carbocycles. The van der Waals surface area contributed by atoms with Gasteiger partial charge in [-0.15, -0.1) is 0 Å². The number of anilines is 1. The standard InChI is InChI=1S/C19H19N3O2/c1-24-18-4-2-3-15(13-18)5-10-19(23)21-16-6-8-17(9-7-16)22-12-11-20-14-22/h2-4,6-9,11-14H,5,10H2,1H3,(H,21,23). The number of methoxy groups -OCH3 is 1. The maximum absolute atomic E-state index is 12.1. The van der Waals surface area contributed by atoms with Gasteiger partial charge in [-0.2, -0.15) is 0 Å². The molecule has 1 amide bonds. The molecule has 0 atom stereocenters. The molecule has 0 saturated heterocycles. The molecule has 24 heavy (non-hydrogen) atoms. The Balaban J connectivity index is 1.54. The lowest BCUT2D eigenvalue weighted by molar-refractivity contribution is -0.116. The predicted molar refractivity (Wildman–Crippen MR) is 93.5 cm³/mol. The number of hydrogen-bond donors (Lipinski definition) is 1. The molecule has 0 aliphatic heterocycles. The molecule has 1 heterocycles. The van der Waals surface area contributed by atoms with Crippen LogP contribution in [0.15, 0.2) is 67.3 Å². The van der Waals surface area contributed by atoms with Gasteiger partial charge in [-0.1, -0.05) is 12.1 Å². The Bertz CT molecular complexity index is 796. The van der Waals surface area contributed by atoms with Crippen molar-refractivity contribution in [3.05, 3.63) is 72.8 Å². The van der Waals surface area contributed by atoms with E-state index in [-0.39, 0.29) is 5.91 Å². The summed E-state index contributed by atoms with van der Waals surface area (Å²) in [4.78, 5) is 16.1. The van der Waals surface area contributed by atoms with E-state index in [1.807, 2.05) is 59.3 Å². The maximum atomic E-state index is 12.1. The normalized spacial score (nSPS) is 10.4. The Hall–Kier alpha value is -3.08. The van der Waals surface area contributed by atoms with Gasteiger partial charge in [-0.05, 0) is 48.4 Å².